The van der Waals surface area contributed by atoms with E-state index < -0.39 is 17.5 Å². The lowest BCUT2D eigenvalue weighted by atomic mass is 9.33. The van der Waals surface area contributed by atoms with Crippen molar-refractivity contribution in [2.75, 3.05) is 0 Å². The normalized spacial score (nSPS) is 51.3. The lowest BCUT2D eigenvalue weighted by Gasteiger charge is -2.70. The Kier molecular flexibility index (Phi) is 5.04. The number of carboxylic acid groups (broad SMARTS) is 1. The molecule has 5 aliphatic rings. The predicted molar refractivity (Wildman–Crippen MR) is 133 cm³/mol. The summed E-state index contributed by atoms with van der Waals surface area (Å²) in [4.78, 5) is 25.7. The fourth-order valence-corrected chi connectivity index (χ4v) is 10.4. The Hall–Kier alpha value is -1.16. The SMILES string of the molecule is CC1(C)CCC2(C(=O)O)CCC3(C)C(=CCC4C5(C)CCC(=O)C(C)(C)C5CCC43C)C2C1O. The highest BCUT2D eigenvalue weighted by Crippen LogP contribution is 2.75. The molecule has 4 saturated carbocycles. The van der Waals surface area contributed by atoms with Crippen LogP contribution in [0.3, 0.4) is 0 Å². The van der Waals surface area contributed by atoms with Crippen LogP contribution in [0.15, 0.2) is 11.6 Å². The van der Waals surface area contributed by atoms with Gasteiger partial charge < -0.3 is 10.2 Å². The van der Waals surface area contributed by atoms with E-state index in [1.165, 1.54) is 5.57 Å². The summed E-state index contributed by atoms with van der Waals surface area (Å²) in [6.45, 7) is 15.9. The van der Waals surface area contributed by atoms with Gasteiger partial charge in [0, 0.05) is 17.8 Å². The zero-order valence-corrected chi connectivity index (χ0v) is 22.5. The topological polar surface area (TPSA) is 74.6 Å². The summed E-state index contributed by atoms with van der Waals surface area (Å²) in [6, 6.07) is 0. The van der Waals surface area contributed by atoms with Gasteiger partial charge in [-0.3, -0.25) is 9.59 Å². The van der Waals surface area contributed by atoms with Crippen LogP contribution in [0, 0.1) is 50.2 Å². The van der Waals surface area contributed by atoms with Crippen LogP contribution in [-0.4, -0.2) is 28.1 Å². The molecule has 0 heterocycles. The fourth-order valence-electron chi connectivity index (χ4n) is 10.4. The summed E-state index contributed by atoms with van der Waals surface area (Å²) < 4.78 is 0. The third kappa shape index (κ3) is 2.70. The molecule has 2 N–H and O–H groups in total. The number of fused-ring (bicyclic) bond motifs is 7. The number of hydrogen-bond acceptors (Lipinski definition) is 3. The van der Waals surface area contributed by atoms with E-state index >= 15 is 0 Å². The van der Waals surface area contributed by atoms with Crippen LogP contribution >= 0.6 is 0 Å². The molecule has 190 valence electrons. The Morgan fingerprint density at radius 1 is 0.912 bits per heavy atom. The van der Waals surface area contributed by atoms with Gasteiger partial charge in [0.25, 0.3) is 0 Å². The predicted octanol–water partition coefficient (Wildman–Crippen LogP) is 6.41. The van der Waals surface area contributed by atoms with Gasteiger partial charge in [-0.2, -0.15) is 0 Å². The molecule has 0 aliphatic heterocycles. The molecule has 0 radical (unpaired) electrons. The number of aliphatic hydroxyl groups is 1. The molecule has 8 unspecified atom stereocenters. The second-order valence-electron chi connectivity index (χ2n) is 14.8. The molecule has 5 aliphatic carbocycles. The third-order valence-corrected chi connectivity index (χ3v) is 13.0. The van der Waals surface area contributed by atoms with Crippen molar-refractivity contribution in [2.24, 2.45) is 50.2 Å². The molecule has 5 rings (SSSR count). The summed E-state index contributed by atoms with van der Waals surface area (Å²) >= 11 is 0. The van der Waals surface area contributed by atoms with E-state index in [-0.39, 0.29) is 33.0 Å². The van der Waals surface area contributed by atoms with E-state index in [9.17, 15) is 19.8 Å². The Morgan fingerprint density at radius 2 is 1.56 bits per heavy atom. The maximum absolute atomic E-state index is 12.9. The van der Waals surface area contributed by atoms with Gasteiger partial charge >= 0.3 is 5.97 Å². The fraction of sp³-hybridized carbons (Fsp3) is 0.867. The first kappa shape index (κ1) is 24.5. The highest BCUT2D eigenvalue weighted by molar-refractivity contribution is 5.85. The van der Waals surface area contributed by atoms with Crippen LogP contribution < -0.4 is 0 Å². The highest BCUT2D eigenvalue weighted by atomic mass is 16.4. The minimum atomic E-state index is -0.843. The van der Waals surface area contributed by atoms with Crippen LogP contribution in [0.25, 0.3) is 0 Å². The molecule has 4 heteroatoms. The van der Waals surface area contributed by atoms with Crippen molar-refractivity contribution in [1.29, 1.82) is 0 Å². The van der Waals surface area contributed by atoms with Gasteiger partial charge in [-0.15, -0.1) is 0 Å². The van der Waals surface area contributed by atoms with Crippen LogP contribution in [0.4, 0.5) is 0 Å². The zero-order valence-electron chi connectivity index (χ0n) is 22.5. The van der Waals surface area contributed by atoms with Crippen LogP contribution in [0.5, 0.6) is 0 Å². The number of allylic oxidation sites excluding steroid dienone is 1. The maximum atomic E-state index is 12.9. The first-order valence-electron chi connectivity index (χ1n) is 13.7. The van der Waals surface area contributed by atoms with Crippen molar-refractivity contribution in [1.82, 2.24) is 0 Å². The number of ketones is 1. The second-order valence-corrected chi connectivity index (χ2v) is 14.8. The van der Waals surface area contributed by atoms with Gasteiger partial charge in [0.2, 0.25) is 0 Å². The molecular formula is C30H46O4. The first-order chi connectivity index (χ1) is 15.6. The van der Waals surface area contributed by atoms with Gasteiger partial charge in [-0.1, -0.05) is 60.1 Å². The lowest BCUT2D eigenvalue weighted by molar-refractivity contribution is -0.199. The Bertz CT molecular complexity index is 961. The Balaban J connectivity index is 1.63. The summed E-state index contributed by atoms with van der Waals surface area (Å²) in [5, 5.41) is 22.2. The first-order valence-corrected chi connectivity index (χ1v) is 13.7. The summed E-state index contributed by atoms with van der Waals surface area (Å²) in [5.41, 5.74) is -0.108. The number of Topliss-reactive ketones (excluding diaryl/α,β-unsaturated/α-hetero) is 1. The number of hydrogen-bond donors (Lipinski definition) is 2. The van der Waals surface area contributed by atoms with Crippen molar-refractivity contribution in [2.45, 2.75) is 112 Å². The molecule has 0 amide bonds. The monoisotopic (exact) mass is 470 g/mol. The molecular weight excluding hydrogens is 424 g/mol. The minimum absolute atomic E-state index is 0.0464. The number of carbonyl (C=O) groups is 2. The van der Waals surface area contributed by atoms with Gasteiger partial charge in [0.05, 0.1) is 11.5 Å². The van der Waals surface area contributed by atoms with E-state index in [1.807, 2.05) is 0 Å². The summed E-state index contributed by atoms with van der Waals surface area (Å²) in [6.07, 6.45) is 9.42. The molecule has 34 heavy (non-hydrogen) atoms. The van der Waals surface area contributed by atoms with E-state index in [2.05, 4.69) is 54.5 Å². The Morgan fingerprint density at radius 3 is 2.21 bits per heavy atom. The lowest BCUT2D eigenvalue weighted by Crippen LogP contribution is -2.66. The minimum Gasteiger partial charge on any atom is -0.481 e. The number of aliphatic hydroxyl groups excluding tert-OH is 1. The van der Waals surface area contributed by atoms with Crippen LogP contribution in [0.2, 0.25) is 0 Å². The molecule has 4 fully saturated rings. The number of carbonyl (C=O) groups excluding carboxylic acids is 1. The molecule has 8 atom stereocenters. The van der Waals surface area contributed by atoms with Crippen LogP contribution in [0.1, 0.15) is 106 Å². The maximum Gasteiger partial charge on any atom is 0.310 e. The largest absolute Gasteiger partial charge is 0.481 e. The van der Waals surface area contributed by atoms with Crippen molar-refractivity contribution in [3.8, 4) is 0 Å². The smallest absolute Gasteiger partial charge is 0.310 e. The zero-order chi connectivity index (χ0) is 25.1. The molecule has 4 nitrogen and oxygen atoms in total. The number of carboxylic acids is 1. The van der Waals surface area contributed by atoms with Gasteiger partial charge in [-0.05, 0) is 84.9 Å². The second kappa shape index (κ2) is 6.99. The number of rotatable bonds is 1. The van der Waals surface area contributed by atoms with Crippen molar-refractivity contribution in [3.05, 3.63) is 11.6 Å². The van der Waals surface area contributed by atoms with Gasteiger partial charge in [-0.25, -0.2) is 0 Å². The van der Waals surface area contributed by atoms with Gasteiger partial charge in [0.1, 0.15) is 5.78 Å². The highest BCUT2D eigenvalue weighted by Gasteiger charge is 2.70. The summed E-state index contributed by atoms with van der Waals surface area (Å²) in [5.74, 6) is 0.281. The molecule has 0 bridgehead atoms. The average molecular weight is 471 g/mol. The van der Waals surface area contributed by atoms with Crippen molar-refractivity contribution in [3.63, 3.8) is 0 Å². The number of aliphatic carboxylic acids is 1. The Labute approximate surface area is 206 Å². The molecule has 0 saturated heterocycles. The van der Waals surface area contributed by atoms with Gasteiger partial charge in [0.15, 0.2) is 0 Å². The standard InChI is InChI=1S/C30H46O4/c1-25(2)14-16-30(24(33)34)17-15-28(6)18(22(30)23(25)32)8-9-20-27(5)12-11-21(31)26(3,4)19(27)10-13-29(20,28)7/h8,19-20,22-23,32H,9-17H2,1-7H3,(H,33,34). The van der Waals surface area contributed by atoms with Crippen LogP contribution in [-0.2, 0) is 9.59 Å². The van der Waals surface area contributed by atoms with E-state index in [1.54, 1.807) is 0 Å². The summed E-state index contributed by atoms with van der Waals surface area (Å²) in [7, 11) is 0. The third-order valence-electron chi connectivity index (χ3n) is 13.0. The quantitative estimate of drug-likeness (QED) is 0.434. The van der Waals surface area contributed by atoms with Crippen molar-refractivity contribution < 1.29 is 19.8 Å². The molecule has 0 aromatic carbocycles. The van der Waals surface area contributed by atoms with E-state index in [0.29, 0.717) is 36.9 Å². The molecule has 0 aromatic rings. The van der Waals surface area contributed by atoms with E-state index in [0.717, 1.165) is 38.5 Å². The average Bonchev–Trinajstić information content (AvgIpc) is 2.74. The molecule has 0 aromatic heterocycles. The van der Waals surface area contributed by atoms with Crippen molar-refractivity contribution >= 4 is 11.8 Å². The molecule has 0 spiro atoms. The van der Waals surface area contributed by atoms with E-state index in [4.69, 9.17) is 0 Å².